The highest BCUT2D eigenvalue weighted by Crippen LogP contribution is 2.29. The first-order valence-electron chi connectivity index (χ1n) is 7.91. The molecule has 2 heterocycles. The predicted molar refractivity (Wildman–Crippen MR) is 93.7 cm³/mol. The van der Waals surface area contributed by atoms with E-state index in [0.717, 1.165) is 28.2 Å². The van der Waals surface area contributed by atoms with Crippen molar-refractivity contribution >= 4 is 32.6 Å². The number of benzene rings is 1. The number of unbranched alkanes of at least 4 members (excludes halogenated alkanes) is 1. The van der Waals surface area contributed by atoms with Crippen LogP contribution in [0.4, 0.5) is 5.13 Å². The summed E-state index contributed by atoms with van der Waals surface area (Å²) in [6.45, 7) is 3.35. The zero-order valence-corrected chi connectivity index (χ0v) is 14.0. The third-order valence-corrected chi connectivity index (χ3v) is 4.73. The van der Waals surface area contributed by atoms with E-state index in [1.165, 1.54) is 0 Å². The lowest BCUT2D eigenvalue weighted by molar-refractivity contribution is -0.118. The molecule has 0 aliphatic heterocycles. The number of rotatable bonds is 7. The molecular formula is C17H20N4OS. The van der Waals surface area contributed by atoms with E-state index in [4.69, 9.17) is 0 Å². The molecule has 0 unspecified atom stereocenters. The molecule has 0 spiro atoms. The number of aromatic nitrogens is 3. The Morgan fingerprint density at radius 2 is 2.17 bits per heavy atom. The Bertz CT molecular complexity index is 733. The molecule has 0 bridgehead atoms. The number of anilines is 1. The zero-order chi connectivity index (χ0) is 16.1. The first-order chi connectivity index (χ1) is 11.3. The first-order valence-corrected chi connectivity index (χ1v) is 8.73. The van der Waals surface area contributed by atoms with Crippen LogP contribution in [0.2, 0.25) is 0 Å². The molecule has 0 fully saturated rings. The fourth-order valence-electron chi connectivity index (χ4n) is 2.40. The van der Waals surface area contributed by atoms with Crippen molar-refractivity contribution < 1.29 is 4.79 Å². The van der Waals surface area contributed by atoms with Crippen molar-refractivity contribution in [3.8, 4) is 0 Å². The maximum absolute atomic E-state index is 12.6. The third-order valence-electron chi connectivity index (χ3n) is 3.67. The fourth-order valence-corrected chi connectivity index (χ4v) is 3.41. The third kappa shape index (κ3) is 3.76. The largest absolute Gasteiger partial charge is 0.286 e. The summed E-state index contributed by atoms with van der Waals surface area (Å²) in [7, 11) is 0. The van der Waals surface area contributed by atoms with E-state index in [1.807, 2.05) is 46.1 Å². The molecule has 5 nitrogen and oxygen atoms in total. The van der Waals surface area contributed by atoms with E-state index >= 15 is 0 Å². The van der Waals surface area contributed by atoms with Crippen molar-refractivity contribution in [3.63, 3.8) is 0 Å². The van der Waals surface area contributed by atoms with Crippen molar-refractivity contribution in [1.29, 1.82) is 0 Å². The number of thiazole rings is 1. The topological polar surface area (TPSA) is 51.0 Å². The van der Waals surface area contributed by atoms with Crippen LogP contribution in [0.25, 0.3) is 10.2 Å². The molecular weight excluding hydrogens is 308 g/mol. The molecule has 120 valence electrons. The Morgan fingerprint density at radius 3 is 2.91 bits per heavy atom. The lowest BCUT2D eigenvalue weighted by Crippen LogP contribution is -2.33. The molecule has 1 aromatic carbocycles. The SMILES string of the molecule is CCCCC(=O)N(CCn1cccn1)c1nc2ccccc2s1. The highest BCUT2D eigenvalue weighted by Gasteiger charge is 2.19. The maximum atomic E-state index is 12.6. The van der Waals surface area contributed by atoms with Crippen LogP contribution < -0.4 is 4.90 Å². The maximum Gasteiger partial charge on any atom is 0.228 e. The monoisotopic (exact) mass is 328 g/mol. The second-order valence-corrected chi connectivity index (χ2v) is 6.39. The summed E-state index contributed by atoms with van der Waals surface area (Å²) in [6.07, 6.45) is 6.14. The van der Waals surface area contributed by atoms with E-state index in [0.29, 0.717) is 19.5 Å². The normalized spacial score (nSPS) is 11.0. The highest BCUT2D eigenvalue weighted by molar-refractivity contribution is 7.22. The molecule has 23 heavy (non-hydrogen) atoms. The average molecular weight is 328 g/mol. The second-order valence-electron chi connectivity index (χ2n) is 5.38. The molecule has 0 saturated heterocycles. The van der Waals surface area contributed by atoms with Crippen LogP contribution in [0.15, 0.2) is 42.7 Å². The van der Waals surface area contributed by atoms with E-state index in [2.05, 4.69) is 17.0 Å². The highest BCUT2D eigenvalue weighted by atomic mass is 32.1. The summed E-state index contributed by atoms with van der Waals surface area (Å²) < 4.78 is 2.95. The smallest absolute Gasteiger partial charge is 0.228 e. The van der Waals surface area contributed by atoms with Crippen LogP contribution in [-0.2, 0) is 11.3 Å². The Balaban J connectivity index is 1.82. The summed E-state index contributed by atoms with van der Waals surface area (Å²) in [4.78, 5) is 19.0. The molecule has 0 atom stereocenters. The molecule has 2 aromatic heterocycles. The van der Waals surface area contributed by atoms with E-state index in [-0.39, 0.29) is 5.91 Å². The summed E-state index contributed by atoms with van der Waals surface area (Å²) in [5.41, 5.74) is 0.944. The van der Waals surface area contributed by atoms with Gasteiger partial charge < -0.3 is 0 Å². The molecule has 0 aliphatic rings. The lowest BCUT2D eigenvalue weighted by atomic mass is 10.2. The zero-order valence-electron chi connectivity index (χ0n) is 13.2. The summed E-state index contributed by atoms with van der Waals surface area (Å²) in [5, 5.41) is 4.99. The van der Waals surface area contributed by atoms with Gasteiger partial charge in [-0.15, -0.1) is 0 Å². The van der Waals surface area contributed by atoms with Gasteiger partial charge in [-0.05, 0) is 24.6 Å². The molecule has 6 heteroatoms. The minimum absolute atomic E-state index is 0.137. The minimum atomic E-state index is 0.137. The van der Waals surface area contributed by atoms with Gasteiger partial charge in [-0.3, -0.25) is 14.4 Å². The quantitative estimate of drug-likeness (QED) is 0.664. The fraction of sp³-hybridized carbons (Fsp3) is 0.353. The van der Waals surface area contributed by atoms with Gasteiger partial charge >= 0.3 is 0 Å². The number of carbonyl (C=O) groups is 1. The molecule has 0 radical (unpaired) electrons. The molecule has 0 N–H and O–H groups in total. The number of carbonyl (C=O) groups excluding carboxylic acids is 1. The van der Waals surface area contributed by atoms with Crippen LogP contribution in [0.5, 0.6) is 0 Å². The van der Waals surface area contributed by atoms with Gasteiger partial charge in [0.2, 0.25) is 5.91 Å². The van der Waals surface area contributed by atoms with Crippen molar-refractivity contribution in [2.75, 3.05) is 11.4 Å². The number of amides is 1. The van der Waals surface area contributed by atoms with Crippen LogP contribution in [0.3, 0.4) is 0 Å². The van der Waals surface area contributed by atoms with Crippen molar-refractivity contribution in [1.82, 2.24) is 14.8 Å². The van der Waals surface area contributed by atoms with Crippen LogP contribution in [-0.4, -0.2) is 27.2 Å². The van der Waals surface area contributed by atoms with Crippen LogP contribution in [0.1, 0.15) is 26.2 Å². The van der Waals surface area contributed by atoms with Gasteiger partial charge in [-0.2, -0.15) is 5.10 Å². The summed E-state index contributed by atoms with van der Waals surface area (Å²) in [5.74, 6) is 0.137. The van der Waals surface area contributed by atoms with Gasteiger partial charge in [0.15, 0.2) is 5.13 Å². The number of para-hydroxylation sites is 1. The molecule has 3 aromatic rings. The van der Waals surface area contributed by atoms with E-state index < -0.39 is 0 Å². The van der Waals surface area contributed by atoms with Gasteiger partial charge in [-0.25, -0.2) is 4.98 Å². The average Bonchev–Trinajstić information content (AvgIpc) is 3.22. The summed E-state index contributed by atoms with van der Waals surface area (Å²) in [6, 6.07) is 9.88. The lowest BCUT2D eigenvalue weighted by Gasteiger charge is -2.19. The summed E-state index contributed by atoms with van der Waals surface area (Å²) >= 11 is 1.57. The van der Waals surface area contributed by atoms with Gasteiger partial charge in [0.05, 0.1) is 16.8 Å². The molecule has 1 amide bonds. The second kappa shape index (κ2) is 7.37. The van der Waals surface area contributed by atoms with Crippen LogP contribution in [0, 0.1) is 0 Å². The number of hydrogen-bond donors (Lipinski definition) is 0. The van der Waals surface area contributed by atoms with E-state index in [1.54, 1.807) is 17.5 Å². The number of hydrogen-bond acceptors (Lipinski definition) is 4. The van der Waals surface area contributed by atoms with Crippen molar-refractivity contribution in [2.45, 2.75) is 32.7 Å². The van der Waals surface area contributed by atoms with Gasteiger partial charge in [0, 0.05) is 25.4 Å². The molecule has 0 saturated carbocycles. The van der Waals surface area contributed by atoms with Crippen molar-refractivity contribution in [2.24, 2.45) is 0 Å². The Hall–Kier alpha value is -2.21. The predicted octanol–water partition coefficient (Wildman–Crippen LogP) is 3.72. The Morgan fingerprint density at radius 1 is 1.30 bits per heavy atom. The Labute approximate surface area is 139 Å². The van der Waals surface area contributed by atoms with Crippen molar-refractivity contribution in [3.05, 3.63) is 42.7 Å². The number of nitrogens with zero attached hydrogens (tertiary/aromatic N) is 4. The first kappa shape index (κ1) is 15.7. The van der Waals surface area contributed by atoms with Gasteiger partial charge in [-0.1, -0.05) is 36.8 Å². The van der Waals surface area contributed by atoms with Crippen LogP contribution >= 0.6 is 11.3 Å². The number of fused-ring (bicyclic) bond motifs is 1. The van der Waals surface area contributed by atoms with Gasteiger partial charge in [0.1, 0.15) is 0 Å². The van der Waals surface area contributed by atoms with Gasteiger partial charge in [0.25, 0.3) is 0 Å². The standard InChI is InChI=1S/C17H20N4OS/c1-2-3-9-16(22)21(13-12-20-11-6-10-18-20)17-19-14-7-4-5-8-15(14)23-17/h4-8,10-11H,2-3,9,12-13H2,1H3. The minimum Gasteiger partial charge on any atom is -0.286 e. The van der Waals surface area contributed by atoms with E-state index in [9.17, 15) is 4.79 Å². The molecule has 0 aliphatic carbocycles. The molecule has 3 rings (SSSR count). The Kier molecular flexibility index (Phi) is 5.02.